The Balaban J connectivity index is 1.87. The summed E-state index contributed by atoms with van der Waals surface area (Å²) >= 11 is 0. The van der Waals surface area contributed by atoms with Crippen molar-refractivity contribution in [1.29, 1.82) is 0 Å². The van der Waals surface area contributed by atoms with Gasteiger partial charge >= 0.3 is 0 Å². The molecule has 20 heavy (non-hydrogen) atoms. The Morgan fingerprint density at radius 2 is 1.75 bits per heavy atom. The van der Waals surface area contributed by atoms with Crippen LogP contribution in [0.15, 0.2) is 24.3 Å². The van der Waals surface area contributed by atoms with Crippen LogP contribution in [0.2, 0.25) is 0 Å². The van der Waals surface area contributed by atoms with Gasteiger partial charge in [-0.1, -0.05) is 39.3 Å². The number of rotatable bonds is 6. The van der Waals surface area contributed by atoms with Crippen molar-refractivity contribution < 1.29 is 0 Å². The Morgan fingerprint density at radius 3 is 2.30 bits per heavy atom. The molecule has 0 radical (unpaired) electrons. The predicted molar refractivity (Wildman–Crippen MR) is 88.3 cm³/mol. The minimum Gasteiger partial charge on any atom is -0.371 e. The number of hydrogen-bond acceptors (Lipinski definition) is 2. The van der Waals surface area contributed by atoms with Gasteiger partial charge in [-0.05, 0) is 48.9 Å². The second-order valence-corrected chi connectivity index (χ2v) is 6.49. The highest BCUT2D eigenvalue weighted by atomic mass is 15.1. The standard InChI is InChI=1S/C18H30N2/c1-4-12-19-15-16-6-8-17(9-7-16)20-13-10-18(3,5-2)11-14-20/h6-9,19H,4-5,10-15H2,1-3H3. The number of piperidine rings is 1. The van der Waals surface area contributed by atoms with E-state index in [2.05, 4.69) is 55.3 Å². The van der Waals surface area contributed by atoms with Crippen LogP contribution >= 0.6 is 0 Å². The van der Waals surface area contributed by atoms with Crippen molar-refractivity contribution in [2.24, 2.45) is 5.41 Å². The molecule has 1 aromatic rings. The fourth-order valence-electron chi connectivity index (χ4n) is 2.89. The first-order valence-electron chi connectivity index (χ1n) is 8.21. The minimum atomic E-state index is 0.570. The van der Waals surface area contributed by atoms with Crippen molar-refractivity contribution in [3.8, 4) is 0 Å². The third-order valence-corrected chi connectivity index (χ3v) is 4.88. The molecular weight excluding hydrogens is 244 g/mol. The molecule has 0 bridgehead atoms. The highest BCUT2D eigenvalue weighted by molar-refractivity contribution is 5.48. The number of hydrogen-bond donors (Lipinski definition) is 1. The smallest absolute Gasteiger partial charge is 0.0366 e. The molecule has 1 aliphatic rings. The number of nitrogens with one attached hydrogen (secondary N) is 1. The molecule has 0 aromatic heterocycles. The highest BCUT2D eigenvalue weighted by Crippen LogP contribution is 2.35. The molecule has 2 nitrogen and oxygen atoms in total. The lowest BCUT2D eigenvalue weighted by Crippen LogP contribution is -2.38. The summed E-state index contributed by atoms with van der Waals surface area (Å²) in [5, 5.41) is 3.46. The zero-order valence-electron chi connectivity index (χ0n) is 13.4. The topological polar surface area (TPSA) is 15.3 Å². The van der Waals surface area contributed by atoms with Crippen LogP contribution < -0.4 is 10.2 Å². The molecule has 1 aliphatic heterocycles. The van der Waals surface area contributed by atoms with Gasteiger partial charge in [0.1, 0.15) is 0 Å². The molecular formula is C18H30N2. The molecule has 1 heterocycles. The van der Waals surface area contributed by atoms with E-state index in [9.17, 15) is 0 Å². The molecule has 112 valence electrons. The molecule has 2 rings (SSSR count). The normalized spacial score (nSPS) is 18.2. The van der Waals surface area contributed by atoms with Crippen LogP contribution in [0.4, 0.5) is 5.69 Å². The second-order valence-electron chi connectivity index (χ2n) is 6.49. The molecule has 1 aromatic carbocycles. The average Bonchev–Trinajstić information content (AvgIpc) is 2.49. The van der Waals surface area contributed by atoms with Gasteiger partial charge in [0, 0.05) is 25.3 Å². The molecule has 0 unspecified atom stereocenters. The summed E-state index contributed by atoms with van der Waals surface area (Å²) in [6, 6.07) is 9.12. The quantitative estimate of drug-likeness (QED) is 0.782. The Hall–Kier alpha value is -1.02. The van der Waals surface area contributed by atoms with Crippen molar-refractivity contribution in [1.82, 2.24) is 5.32 Å². The lowest BCUT2D eigenvalue weighted by atomic mass is 9.78. The summed E-state index contributed by atoms with van der Waals surface area (Å²) in [7, 11) is 0. The van der Waals surface area contributed by atoms with Crippen LogP contribution in [-0.2, 0) is 6.54 Å². The molecule has 0 aliphatic carbocycles. The first-order chi connectivity index (χ1) is 9.67. The second kappa shape index (κ2) is 7.12. The zero-order chi connectivity index (χ0) is 14.4. The van der Waals surface area contributed by atoms with Gasteiger partial charge < -0.3 is 10.2 Å². The van der Waals surface area contributed by atoms with E-state index in [1.54, 1.807) is 0 Å². The van der Waals surface area contributed by atoms with E-state index in [1.807, 2.05) is 0 Å². The Bertz CT molecular complexity index is 388. The molecule has 0 atom stereocenters. The maximum atomic E-state index is 3.46. The molecule has 2 heteroatoms. The van der Waals surface area contributed by atoms with Gasteiger partial charge in [-0.25, -0.2) is 0 Å². The van der Waals surface area contributed by atoms with E-state index in [4.69, 9.17) is 0 Å². The SMILES string of the molecule is CCCNCc1ccc(N2CCC(C)(CC)CC2)cc1. The van der Waals surface area contributed by atoms with Gasteiger partial charge in [0.2, 0.25) is 0 Å². The predicted octanol–water partition coefficient (Wildman–Crippen LogP) is 4.20. The number of nitrogens with zero attached hydrogens (tertiary/aromatic N) is 1. The van der Waals surface area contributed by atoms with E-state index in [0.717, 1.165) is 13.1 Å². The summed E-state index contributed by atoms with van der Waals surface area (Å²) < 4.78 is 0. The first kappa shape index (κ1) is 15.4. The first-order valence-corrected chi connectivity index (χ1v) is 8.21. The molecule has 0 amide bonds. The number of anilines is 1. The van der Waals surface area contributed by atoms with Crippen molar-refractivity contribution in [2.45, 2.75) is 53.0 Å². The van der Waals surface area contributed by atoms with E-state index in [1.165, 1.54) is 50.0 Å². The van der Waals surface area contributed by atoms with Gasteiger partial charge in [-0.3, -0.25) is 0 Å². The maximum Gasteiger partial charge on any atom is 0.0366 e. The summed E-state index contributed by atoms with van der Waals surface area (Å²) in [5.41, 5.74) is 3.35. The average molecular weight is 274 g/mol. The van der Waals surface area contributed by atoms with E-state index in [0.29, 0.717) is 5.41 Å². The van der Waals surface area contributed by atoms with Gasteiger partial charge in [-0.15, -0.1) is 0 Å². The minimum absolute atomic E-state index is 0.570. The largest absolute Gasteiger partial charge is 0.371 e. The molecule has 0 spiro atoms. The van der Waals surface area contributed by atoms with Crippen LogP contribution in [0, 0.1) is 5.41 Å². The highest BCUT2D eigenvalue weighted by Gasteiger charge is 2.28. The van der Waals surface area contributed by atoms with Crippen molar-refractivity contribution in [2.75, 3.05) is 24.5 Å². The Morgan fingerprint density at radius 1 is 1.10 bits per heavy atom. The lowest BCUT2D eigenvalue weighted by Gasteiger charge is -2.40. The van der Waals surface area contributed by atoms with E-state index >= 15 is 0 Å². The maximum absolute atomic E-state index is 3.46. The fraction of sp³-hybridized carbons (Fsp3) is 0.667. The molecule has 0 saturated carbocycles. The zero-order valence-corrected chi connectivity index (χ0v) is 13.4. The molecule has 1 N–H and O–H groups in total. The Kier molecular flexibility index (Phi) is 5.47. The summed E-state index contributed by atoms with van der Waals surface area (Å²) in [5.74, 6) is 0. The fourth-order valence-corrected chi connectivity index (χ4v) is 2.89. The van der Waals surface area contributed by atoms with Crippen LogP contribution in [0.3, 0.4) is 0 Å². The van der Waals surface area contributed by atoms with Crippen LogP contribution in [0.1, 0.15) is 52.0 Å². The van der Waals surface area contributed by atoms with E-state index in [-0.39, 0.29) is 0 Å². The third kappa shape index (κ3) is 3.99. The molecule has 1 fully saturated rings. The Labute approximate surface area is 124 Å². The van der Waals surface area contributed by atoms with Gasteiger partial charge in [0.25, 0.3) is 0 Å². The van der Waals surface area contributed by atoms with Gasteiger partial charge in [-0.2, -0.15) is 0 Å². The molecule has 1 saturated heterocycles. The van der Waals surface area contributed by atoms with Crippen molar-refractivity contribution >= 4 is 5.69 Å². The summed E-state index contributed by atoms with van der Waals surface area (Å²) in [6.07, 6.45) is 5.15. The summed E-state index contributed by atoms with van der Waals surface area (Å²) in [6.45, 7) is 11.5. The van der Waals surface area contributed by atoms with Crippen molar-refractivity contribution in [3.05, 3.63) is 29.8 Å². The number of benzene rings is 1. The van der Waals surface area contributed by atoms with Crippen LogP contribution in [0.5, 0.6) is 0 Å². The monoisotopic (exact) mass is 274 g/mol. The van der Waals surface area contributed by atoms with Gasteiger partial charge in [0.05, 0.1) is 0 Å². The summed E-state index contributed by atoms with van der Waals surface area (Å²) in [4.78, 5) is 2.54. The van der Waals surface area contributed by atoms with Crippen molar-refractivity contribution in [3.63, 3.8) is 0 Å². The van der Waals surface area contributed by atoms with E-state index < -0.39 is 0 Å². The lowest BCUT2D eigenvalue weighted by molar-refractivity contribution is 0.238. The van der Waals surface area contributed by atoms with Gasteiger partial charge in [0.15, 0.2) is 0 Å². The van der Waals surface area contributed by atoms with Crippen LogP contribution in [0.25, 0.3) is 0 Å². The third-order valence-electron chi connectivity index (χ3n) is 4.88. The van der Waals surface area contributed by atoms with Crippen LogP contribution in [-0.4, -0.2) is 19.6 Å².